The summed E-state index contributed by atoms with van der Waals surface area (Å²) in [5.41, 5.74) is 7.90. The molecule has 0 bridgehead atoms. The normalized spacial score (nSPS) is 14.6. The number of fused-ring (bicyclic) bond motifs is 1. The van der Waals surface area contributed by atoms with E-state index in [4.69, 9.17) is 14.6 Å². The number of aryl methyl sites for hydroxylation is 3. The Hall–Kier alpha value is -4.95. The number of nitrogens with zero attached hydrogens (tertiary/aromatic N) is 2. The molecule has 0 spiro atoms. The maximum atomic E-state index is 14.3. The van der Waals surface area contributed by atoms with Crippen molar-refractivity contribution in [3.63, 3.8) is 0 Å². The molecule has 8 heteroatoms. The third kappa shape index (κ3) is 8.56. The van der Waals surface area contributed by atoms with Crippen LogP contribution in [0.25, 0.3) is 11.0 Å². The molecular weight excluding hydrogens is 649 g/mol. The molecule has 52 heavy (non-hydrogen) atoms. The Morgan fingerprint density at radius 1 is 0.808 bits per heavy atom. The first-order valence-corrected chi connectivity index (χ1v) is 18.6. The van der Waals surface area contributed by atoms with E-state index in [0.717, 1.165) is 40.1 Å². The van der Waals surface area contributed by atoms with E-state index >= 15 is 0 Å². The van der Waals surface area contributed by atoms with Gasteiger partial charge in [0.15, 0.2) is 5.60 Å². The van der Waals surface area contributed by atoms with Crippen molar-refractivity contribution in [2.75, 3.05) is 0 Å². The second-order valence-electron chi connectivity index (χ2n) is 15.2. The number of carbonyl (C=O) groups excluding carboxylic acids is 2. The van der Waals surface area contributed by atoms with Crippen molar-refractivity contribution in [2.24, 2.45) is 5.92 Å². The average Bonchev–Trinajstić information content (AvgIpc) is 3.46. The number of hydrogen-bond donors (Lipinski definition) is 2. The van der Waals surface area contributed by atoms with Crippen molar-refractivity contribution in [1.29, 1.82) is 0 Å². The lowest BCUT2D eigenvalue weighted by atomic mass is 9.80. The number of amides is 2. The summed E-state index contributed by atoms with van der Waals surface area (Å²) in [6.45, 7) is 10.5. The molecule has 272 valence electrons. The molecule has 1 heterocycles. The minimum atomic E-state index is -1.18. The van der Waals surface area contributed by atoms with Gasteiger partial charge < -0.3 is 14.6 Å². The summed E-state index contributed by atoms with van der Waals surface area (Å²) in [6.07, 6.45) is 6.30. The number of rotatable bonds is 12. The molecule has 0 saturated heterocycles. The maximum Gasteiger partial charge on any atom is 0.408 e. The number of benzene rings is 4. The fraction of sp³-hybridized carbons (Fsp3) is 0.386. The highest BCUT2D eigenvalue weighted by Crippen LogP contribution is 2.39. The molecule has 1 aliphatic carbocycles. The van der Waals surface area contributed by atoms with Crippen LogP contribution in [-0.4, -0.2) is 33.2 Å². The monoisotopic (exact) mass is 700 g/mol. The molecule has 8 nitrogen and oxygen atoms in total. The number of imidazole rings is 1. The molecule has 2 amide bonds. The van der Waals surface area contributed by atoms with Crippen LogP contribution in [0.3, 0.4) is 0 Å². The van der Waals surface area contributed by atoms with E-state index < -0.39 is 29.2 Å². The van der Waals surface area contributed by atoms with Gasteiger partial charge in [-0.1, -0.05) is 110 Å². The van der Waals surface area contributed by atoms with Crippen molar-refractivity contribution in [1.82, 2.24) is 20.3 Å². The Morgan fingerprint density at radius 3 is 1.88 bits per heavy atom. The van der Waals surface area contributed by atoms with Crippen LogP contribution >= 0.6 is 0 Å². The predicted octanol–water partition coefficient (Wildman–Crippen LogP) is 9.10. The van der Waals surface area contributed by atoms with Gasteiger partial charge in [-0.3, -0.25) is 9.63 Å². The number of nitrogens with one attached hydrogen (secondary N) is 2. The van der Waals surface area contributed by atoms with Crippen LogP contribution in [0.5, 0.6) is 0 Å². The summed E-state index contributed by atoms with van der Waals surface area (Å²) in [5, 5.41) is 2.86. The van der Waals surface area contributed by atoms with Gasteiger partial charge in [-0.15, -0.1) is 0 Å². The average molecular weight is 701 g/mol. The molecule has 0 radical (unpaired) electrons. The first-order chi connectivity index (χ1) is 25.0. The summed E-state index contributed by atoms with van der Waals surface area (Å²) < 4.78 is 7.98. The summed E-state index contributed by atoms with van der Waals surface area (Å²) >= 11 is 0. The molecule has 5 aromatic rings. The van der Waals surface area contributed by atoms with Crippen molar-refractivity contribution in [2.45, 2.75) is 103 Å². The van der Waals surface area contributed by atoms with Gasteiger partial charge in [-0.25, -0.2) is 15.3 Å². The van der Waals surface area contributed by atoms with E-state index in [1.807, 2.05) is 91.0 Å². The van der Waals surface area contributed by atoms with Crippen LogP contribution in [-0.2, 0) is 32.9 Å². The zero-order chi connectivity index (χ0) is 36.7. The molecule has 0 aliphatic heterocycles. The molecular formula is C44H52N4O4. The second-order valence-corrected chi connectivity index (χ2v) is 15.2. The lowest BCUT2D eigenvalue weighted by Gasteiger charge is -2.35. The number of ether oxygens (including phenoxy) is 1. The SMILES string of the molecule is Cc1cc2nc(CC[C@@H](NC(=O)OC(C)(C)C)C(=O)NOC(c3ccccc3)(c3ccccc3)c3ccccc3)n(CC3CCCCC3)c2cc1C. The van der Waals surface area contributed by atoms with E-state index in [1.54, 1.807) is 20.8 Å². The van der Waals surface area contributed by atoms with Crippen LogP contribution in [0.1, 0.15) is 92.9 Å². The summed E-state index contributed by atoms with van der Waals surface area (Å²) in [7, 11) is 0. The van der Waals surface area contributed by atoms with Gasteiger partial charge in [-0.05, 0) is 99.7 Å². The Balaban J connectivity index is 1.32. The lowest BCUT2D eigenvalue weighted by Crippen LogP contribution is -2.50. The number of carbonyl (C=O) groups is 2. The quantitative estimate of drug-likeness (QED) is 0.100. The summed E-state index contributed by atoms with van der Waals surface area (Å²) in [6, 6.07) is 32.9. The van der Waals surface area contributed by atoms with Crippen LogP contribution in [0.2, 0.25) is 0 Å². The zero-order valence-corrected chi connectivity index (χ0v) is 31.2. The molecule has 1 aliphatic rings. The zero-order valence-electron chi connectivity index (χ0n) is 31.2. The molecule has 0 unspecified atom stereocenters. The Bertz CT molecular complexity index is 1850. The van der Waals surface area contributed by atoms with E-state index in [0.29, 0.717) is 12.3 Å². The van der Waals surface area contributed by atoms with Crippen molar-refractivity contribution in [3.05, 3.63) is 137 Å². The molecule has 2 N–H and O–H groups in total. The van der Waals surface area contributed by atoms with Gasteiger partial charge in [0, 0.05) is 13.0 Å². The van der Waals surface area contributed by atoms with Crippen LogP contribution < -0.4 is 10.8 Å². The highest BCUT2D eigenvalue weighted by molar-refractivity contribution is 5.85. The molecule has 1 fully saturated rings. The fourth-order valence-corrected chi connectivity index (χ4v) is 7.34. The predicted molar refractivity (Wildman–Crippen MR) is 206 cm³/mol. The van der Waals surface area contributed by atoms with Crippen LogP contribution in [0, 0.1) is 19.8 Å². The van der Waals surface area contributed by atoms with Crippen LogP contribution in [0.4, 0.5) is 4.79 Å². The standard InChI is InChI=1S/C44H52N4O4/c1-31-28-38-39(29-32(31)2)48(30-33-18-10-6-11-19-33)40(45-38)27-26-37(46-42(50)51-43(3,4)5)41(49)47-52-44(34-20-12-7-13-21-34,35-22-14-8-15-23-35)36-24-16-9-17-25-36/h7-9,12-17,20-25,28-29,33,37H,6,10-11,18-19,26-27,30H2,1-5H3,(H,46,50)(H,47,49)/t37-/m1/s1. The van der Waals surface area contributed by atoms with Gasteiger partial charge in [0.05, 0.1) is 11.0 Å². The van der Waals surface area contributed by atoms with Crippen molar-refractivity contribution >= 4 is 23.0 Å². The first-order valence-electron chi connectivity index (χ1n) is 18.6. The largest absolute Gasteiger partial charge is 0.444 e. The molecule has 1 atom stereocenters. The Morgan fingerprint density at radius 2 is 1.35 bits per heavy atom. The number of hydrogen-bond acceptors (Lipinski definition) is 5. The van der Waals surface area contributed by atoms with Gasteiger partial charge >= 0.3 is 6.09 Å². The topological polar surface area (TPSA) is 94.5 Å². The molecule has 1 saturated carbocycles. The molecule has 4 aromatic carbocycles. The first kappa shape index (κ1) is 36.8. The Labute approximate surface area is 307 Å². The van der Waals surface area contributed by atoms with E-state index in [9.17, 15) is 9.59 Å². The third-order valence-corrected chi connectivity index (χ3v) is 10.1. The van der Waals surface area contributed by atoms with Gasteiger partial charge in [0.1, 0.15) is 17.5 Å². The maximum absolute atomic E-state index is 14.3. The van der Waals surface area contributed by atoms with Gasteiger partial charge in [-0.2, -0.15) is 0 Å². The fourth-order valence-electron chi connectivity index (χ4n) is 7.34. The summed E-state index contributed by atoms with van der Waals surface area (Å²) in [5.74, 6) is 1.00. The van der Waals surface area contributed by atoms with Crippen molar-refractivity contribution < 1.29 is 19.2 Å². The Kier molecular flexibility index (Phi) is 11.4. The smallest absolute Gasteiger partial charge is 0.408 e. The van der Waals surface area contributed by atoms with Crippen molar-refractivity contribution in [3.8, 4) is 0 Å². The molecule has 1 aromatic heterocycles. The van der Waals surface area contributed by atoms with E-state index in [-0.39, 0.29) is 6.42 Å². The highest BCUT2D eigenvalue weighted by atomic mass is 16.7. The summed E-state index contributed by atoms with van der Waals surface area (Å²) in [4.78, 5) is 39.3. The second kappa shape index (κ2) is 16.2. The number of aromatic nitrogens is 2. The lowest BCUT2D eigenvalue weighted by molar-refractivity contribution is -0.145. The number of hydroxylamine groups is 1. The third-order valence-electron chi connectivity index (χ3n) is 10.1. The van der Waals surface area contributed by atoms with Gasteiger partial charge in [0.2, 0.25) is 0 Å². The highest BCUT2D eigenvalue weighted by Gasteiger charge is 2.40. The van der Waals surface area contributed by atoms with Crippen LogP contribution in [0.15, 0.2) is 103 Å². The van der Waals surface area contributed by atoms with Gasteiger partial charge in [0.25, 0.3) is 5.91 Å². The van der Waals surface area contributed by atoms with E-state index in [1.165, 1.54) is 43.2 Å². The minimum Gasteiger partial charge on any atom is -0.444 e. The minimum absolute atomic E-state index is 0.287. The number of alkyl carbamates (subject to hydrolysis) is 1. The van der Waals surface area contributed by atoms with E-state index in [2.05, 4.69) is 41.3 Å². The molecule has 6 rings (SSSR count).